The number of carbonyl (C=O) groups is 4. The minimum atomic E-state index is -0.486. The first-order valence-electron chi connectivity index (χ1n) is 15.0. The fraction of sp³-hybridized carbons (Fsp3) is 0.429. The van der Waals surface area contributed by atoms with Crippen LogP contribution >= 0.6 is 0 Å². The molecule has 4 rings (SSSR count). The van der Waals surface area contributed by atoms with Crippen LogP contribution in [0.25, 0.3) is 0 Å². The Kier molecular flexibility index (Phi) is 11.8. The Hall–Kier alpha value is -4.60. The van der Waals surface area contributed by atoms with Crippen molar-refractivity contribution in [3.63, 3.8) is 0 Å². The van der Waals surface area contributed by atoms with Crippen molar-refractivity contribution >= 4 is 23.9 Å². The third kappa shape index (κ3) is 10.2. The van der Waals surface area contributed by atoms with Crippen LogP contribution in [0.5, 0.6) is 11.5 Å². The predicted molar refractivity (Wildman–Crippen MR) is 164 cm³/mol. The van der Waals surface area contributed by atoms with E-state index in [1.54, 1.807) is 62.8 Å². The molecule has 4 atom stereocenters. The topological polar surface area (TPSA) is 124 Å². The third-order valence-electron chi connectivity index (χ3n) is 7.69. The van der Waals surface area contributed by atoms with E-state index >= 15 is 0 Å². The average molecular weight is 621 g/mol. The number of hydrogen-bond donors (Lipinski definition) is 0. The summed E-state index contributed by atoms with van der Waals surface area (Å²) in [4.78, 5) is 49.5. The maximum Gasteiger partial charge on any atom is 0.338 e. The summed E-state index contributed by atoms with van der Waals surface area (Å²) >= 11 is 0. The first-order valence-corrected chi connectivity index (χ1v) is 15.0. The molecule has 0 spiro atoms. The normalized spacial score (nSPS) is 21.5. The van der Waals surface area contributed by atoms with Crippen molar-refractivity contribution in [3.05, 3.63) is 83.0 Å². The molecule has 0 heterocycles. The van der Waals surface area contributed by atoms with E-state index in [-0.39, 0.29) is 0 Å². The molecule has 0 aromatic heterocycles. The number of benzene rings is 2. The van der Waals surface area contributed by atoms with Crippen LogP contribution in [-0.2, 0) is 28.5 Å². The highest BCUT2D eigenvalue weighted by atomic mass is 16.6. The van der Waals surface area contributed by atoms with Gasteiger partial charge in [-0.15, -0.1) is 0 Å². The van der Waals surface area contributed by atoms with Gasteiger partial charge in [-0.2, -0.15) is 0 Å². The number of ether oxygens (including phenoxy) is 6. The highest BCUT2D eigenvalue weighted by molar-refractivity contribution is 5.90. The van der Waals surface area contributed by atoms with E-state index in [1.165, 1.54) is 13.8 Å². The van der Waals surface area contributed by atoms with Crippen molar-refractivity contribution < 1.29 is 47.6 Å². The zero-order valence-electron chi connectivity index (χ0n) is 26.1. The van der Waals surface area contributed by atoms with Crippen molar-refractivity contribution in [1.29, 1.82) is 0 Å². The van der Waals surface area contributed by atoms with E-state index in [9.17, 15) is 19.2 Å². The Bertz CT molecular complexity index is 1300. The maximum absolute atomic E-state index is 12.9. The minimum absolute atomic E-state index is 0.361. The summed E-state index contributed by atoms with van der Waals surface area (Å²) < 4.78 is 33.2. The summed E-state index contributed by atoms with van der Waals surface area (Å²) in [6.45, 7) is 2.72. The van der Waals surface area contributed by atoms with Gasteiger partial charge in [0, 0.05) is 52.4 Å². The Morgan fingerprint density at radius 3 is 1.29 bits per heavy atom. The first kappa shape index (κ1) is 33.3. The second-order valence-electron chi connectivity index (χ2n) is 11.2. The van der Waals surface area contributed by atoms with Crippen molar-refractivity contribution in [2.45, 2.75) is 83.2 Å². The molecule has 0 radical (unpaired) electrons. The van der Waals surface area contributed by atoms with Crippen molar-refractivity contribution in [3.8, 4) is 11.5 Å². The molecule has 10 nitrogen and oxygen atoms in total. The van der Waals surface area contributed by atoms with Crippen LogP contribution in [0.4, 0.5) is 0 Å². The van der Waals surface area contributed by atoms with Crippen LogP contribution in [0.2, 0.25) is 0 Å². The summed E-state index contributed by atoms with van der Waals surface area (Å²) in [6, 6.07) is 13.3. The van der Waals surface area contributed by atoms with Crippen LogP contribution < -0.4 is 9.47 Å². The van der Waals surface area contributed by atoms with Crippen molar-refractivity contribution in [1.82, 2.24) is 0 Å². The van der Waals surface area contributed by atoms with E-state index < -0.39 is 48.3 Å². The molecular formula is C35H40O10. The highest BCUT2D eigenvalue weighted by Gasteiger charge is 2.29. The minimum Gasteiger partial charge on any atom is -0.497 e. The molecule has 0 saturated carbocycles. The number of rotatable bonds is 10. The van der Waals surface area contributed by atoms with Gasteiger partial charge in [-0.1, -0.05) is 23.3 Å². The lowest BCUT2D eigenvalue weighted by molar-refractivity contribution is -0.148. The third-order valence-corrected chi connectivity index (χ3v) is 7.69. The number of carbonyl (C=O) groups excluding carboxylic acids is 4. The van der Waals surface area contributed by atoms with Gasteiger partial charge in [0.25, 0.3) is 0 Å². The summed E-state index contributed by atoms with van der Waals surface area (Å²) in [6.07, 6.45) is 5.27. The van der Waals surface area contributed by atoms with Gasteiger partial charge in [0.05, 0.1) is 25.3 Å². The standard InChI is InChI=1S/C35H40O10/c1-22(36)42-32-18-24(5-11-30(20-32)44-34(38)26-7-13-28(40-3)14-8-26)17-25-6-12-31(21-33(19-25)43-23(2)37)45-35(39)27-9-15-29(41-4)16-10-27/h5-10,13-16,30-33H,11-12,17-21H2,1-4H3/t30-,31+,32-,33+. The molecule has 0 amide bonds. The van der Waals surface area contributed by atoms with Crippen molar-refractivity contribution in [2.75, 3.05) is 14.2 Å². The van der Waals surface area contributed by atoms with Gasteiger partial charge in [-0.05, 0) is 55.0 Å². The van der Waals surface area contributed by atoms with Gasteiger partial charge in [-0.3, -0.25) is 9.59 Å². The van der Waals surface area contributed by atoms with E-state index in [4.69, 9.17) is 28.4 Å². The molecule has 0 N–H and O–H groups in total. The van der Waals surface area contributed by atoms with Gasteiger partial charge >= 0.3 is 23.9 Å². The molecule has 240 valence electrons. The monoisotopic (exact) mass is 620 g/mol. The predicted octanol–water partition coefficient (Wildman–Crippen LogP) is 5.93. The lowest BCUT2D eigenvalue weighted by atomic mass is 9.96. The molecule has 0 unspecified atom stereocenters. The molecule has 0 saturated heterocycles. The van der Waals surface area contributed by atoms with Crippen molar-refractivity contribution in [2.24, 2.45) is 0 Å². The van der Waals surface area contributed by atoms with E-state index in [0.717, 1.165) is 11.1 Å². The van der Waals surface area contributed by atoms with Crippen LogP contribution in [0.3, 0.4) is 0 Å². The Morgan fingerprint density at radius 1 is 0.578 bits per heavy atom. The summed E-state index contributed by atoms with van der Waals surface area (Å²) in [7, 11) is 3.10. The average Bonchev–Trinajstić information content (AvgIpc) is 3.31. The van der Waals surface area contributed by atoms with Gasteiger partial charge in [0.2, 0.25) is 0 Å². The fourth-order valence-electron chi connectivity index (χ4n) is 5.61. The van der Waals surface area contributed by atoms with Gasteiger partial charge in [0.1, 0.15) is 35.9 Å². The maximum atomic E-state index is 12.9. The summed E-state index contributed by atoms with van der Waals surface area (Å²) in [5, 5.41) is 0. The SMILES string of the molecule is COc1ccc(C(=O)O[C@@H]2CC=C(CC3=CC[C@H](OC(=O)c4ccc(OC)cc4)C[C@@H](OC(C)=O)C3)C[C@@H](OC(C)=O)C2)cc1. The second kappa shape index (κ2) is 15.9. The zero-order chi connectivity index (χ0) is 32.3. The lowest BCUT2D eigenvalue weighted by Crippen LogP contribution is -2.26. The molecule has 0 aliphatic heterocycles. The van der Waals surface area contributed by atoms with Gasteiger partial charge < -0.3 is 28.4 Å². The largest absolute Gasteiger partial charge is 0.497 e. The molecule has 2 aromatic rings. The van der Waals surface area contributed by atoms with Gasteiger partial charge in [-0.25, -0.2) is 9.59 Å². The molecule has 10 heteroatoms. The highest BCUT2D eigenvalue weighted by Crippen LogP contribution is 2.32. The second-order valence-corrected chi connectivity index (χ2v) is 11.2. The molecule has 2 aliphatic carbocycles. The number of esters is 4. The molecule has 2 aromatic carbocycles. The quantitative estimate of drug-likeness (QED) is 0.179. The van der Waals surface area contributed by atoms with Crippen LogP contribution in [0.15, 0.2) is 71.8 Å². The van der Waals surface area contributed by atoms with E-state index in [2.05, 4.69) is 0 Å². The van der Waals surface area contributed by atoms with E-state index in [1.807, 2.05) is 12.2 Å². The van der Waals surface area contributed by atoms with E-state index in [0.29, 0.717) is 67.6 Å². The molecule has 2 aliphatic rings. The molecule has 0 fully saturated rings. The molecular weight excluding hydrogens is 580 g/mol. The van der Waals surface area contributed by atoms with Gasteiger partial charge in [0.15, 0.2) is 0 Å². The first-order chi connectivity index (χ1) is 21.6. The smallest absolute Gasteiger partial charge is 0.338 e. The summed E-state index contributed by atoms with van der Waals surface area (Å²) in [5.74, 6) is -0.486. The lowest BCUT2D eigenvalue weighted by Gasteiger charge is -2.22. The Morgan fingerprint density at radius 2 is 0.956 bits per heavy atom. The number of hydrogen-bond acceptors (Lipinski definition) is 10. The fourth-order valence-corrected chi connectivity index (χ4v) is 5.61. The Labute approximate surface area is 263 Å². The van der Waals surface area contributed by atoms with Crippen LogP contribution in [-0.4, -0.2) is 62.5 Å². The Balaban J connectivity index is 1.46. The van der Waals surface area contributed by atoms with Crippen LogP contribution in [0.1, 0.15) is 79.5 Å². The van der Waals surface area contributed by atoms with Crippen LogP contribution in [0, 0.1) is 0 Å². The number of methoxy groups -OCH3 is 2. The zero-order valence-corrected chi connectivity index (χ0v) is 26.1. The molecule has 0 bridgehead atoms. The summed E-state index contributed by atoms with van der Waals surface area (Å²) in [5.41, 5.74) is 2.84. The molecule has 45 heavy (non-hydrogen) atoms.